The fraction of sp³-hybridized carbons (Fsp3) is 0.273. The molecule has 0 fully saturated rings. The molecule has 1 aromatic carbocycles. The third-order valence-corrected chi connectivity index (χ3v) is 2.74. The van der Waals surface area contributed by atoms with Gasteiger partial charge in [-0.1, -0.05) is 39.7 Å². The Labute approximate surface area is 107 Å². The summed E-state index contributed by atoms with van der Waals surface area (Å²) in [5.74, 6) is -0.775. The molecule has 3 nitrogen and oxygen atoms in total. The van der Waals surface area contributed by atoms with Gasteiger partial charge in [0.05, 0.1) is 22.5 Å². The molecule has 0 N–H and O–H groups in total. The van der Waals surface area contributed by atoms with Gasteiger partial charge in [-0.2, -0.15) is 0 Å². The number of hydrogen-bond acceptors (Lipinski definition) is 3. The molecule has 0 unspecified atom stereocenters. The quantitative estimate of drug-likeness (QED) is 0.488. The minimum atomic E-state index is -0.572. The van der Waals surface area contributed by atoms with Crippen LogP contribution < -0.4 is 0 Å². The number of carbonyl (C=O) groups is 2. The lowest BCUT2D eigenvalue weighted by molar-refractivity contribution is 0.0523. The van der Waals surface area contributed by atoms with Crippen LogP contribution in [0, 0.1) is 0 Å². The van der Waals surface area contributed by atoms with Gasteiger partial charge in [-0.05, 0) is 13.0 Å². The molecule has 0 atom stereocenters. The number of alkyl halides is 1. The van der Waals surface area contributed by atoms with Crippen LogP contribution in [-0.4, -0.2) is 23.7 Å². The Morgan fingerprint density at radius 1 is 1.44 bits per heavy atom. The Hall–Kier alpha value is -0.870. The van der Waals surface area contributed by atoms with Gasteiger partial charge in [-0.3, -0.25) is 4.79 Å². The average Bonchev–Trinajstić information content (AvgIpc) is 2.27. The molecule has 0 radical (unpaired) electrons. The Morgan fingerprint density at radius 2 is 2.12 bits per heavy atom. The number of carbonyl (C=O) groups excluding carboxylic acids is 2. The monoisotopic (exact) mass is 304 g/mol. The predicted octanol–water partition coefficient (Wildman–Crippen LogP) is 3.09. The summed E-state index contributed by atoms with van der Waals surface area (Å²) in [5, 5.41) is 0.366. The molecule has 0 aliphatic rings. The first-order valence-corrected chi connectivity index (χ1v) is 6.16. The highest BCUT2D eigenvalue weighted by Crippen LogP contribution is 2.22. The fourth-order valence-corrected chi connectivity index (χ4v) is 1.79. The average molecular weight is 306 g/mol. The number of benzene rings is 1. The van der Waals surface area contributed by atoms with Gasteiger partial charge in [0, 0.05) is 5.56 Å². The molecule has 0 aliphatic heterocycles. The van der Waals surface area contributed by atoms with E-state index in [4.69, 9.17) is 16.3 Å². The molecule has 0 amide bonds. The number of rotatable bonds is 4. The molecular weight excluding hydrogens is 295 g/mol. The summed E-state index contributed by atoms with van der Waals surface area (Å²) in [5.41, 5.74) is 0.415. The SMILES string of the molecule is CCOC(=O)c1c(Cl)cccc1C(=O)CBr. The molecule has 0 aromatic heterocycles. The lowest BCUT2D eigenvalue weighted by atomic mass is 10.0. The van der Waals surface area contributed by atoms with E-state index in [1.807, 2.05) is 0 Å². The summed E-state index contributed by atoms with van der Waals surface area (Å²) in [6.07, 6.45) is 0. The van der Waals surface area contributed by atoms with Crippen molar-refractivity contribution >= 4 is 39.3 Å². The van der Waals surface area contributed by atoms with E-state index < -0.39 is 5.97 Å². The first kappa shape index (κ1) is 13.2. The van der Waals surface area contributed by atoms with Crippen molar-refractivity contribution < 1.29 is 14.3 Å². The topological polar surface area (TPSA) is 43.4 Å². The van der Waals surface area contributed by atoms with Gasteiger partial charge in [0.1, 0.15) is 0 Å². The van der Waals surface area contributed by atoms with E-state index in [0.29, 0.717) is 0 Å². The number of Topliss-reactive ketones (excluding diaryl/α,β-unsaturated/α-hetero) is 1. The van der Waals surface area contributed by atoms with Crippen molar-refractivity contribution in [3.05, 3.63) is 34.3 Å². The maximum absolute atomic E-state index is 11.6. The van der Waals surface area contributed by atoms with Crippen LogP contribution in [0.1, 0.15) is 27.6 Å². The molecule has 1 aromatic rings. The predicted molar refractivity (Wildman–Crippen MR) is 65.5 cm³/mol. The summed E-state index contributed by atoms with van der Waals surface area (Å²) in [4.78, 5) is 23.2. The van der Waals surface area contributed by atoms with Crippen molar-refractivity contribution in [2.45, 2.75) is 6.92 Å². The van der Waals surface area contributed by atoms with Crippen LogP contribution in [0.5, 0.6) is 0 Å². The number of esters is 1. The van der Waals surface area contributed by atoms with Gasteiger partial charge >= 0.3 is 5.97 Å². The number of ketones is 1. The van der Waals surface area contributed by atoms with E-state index in [1.54, 1.807) is 25.1 Å². The summed E-state index contributed by atoms with van der Waals surface area (Å²) in [6.45, 7) is 1.94. The lowest BCUT2D eigenvalue weighted by Gasteiger charge is -2.08. The standard InChI is InChI=1S/C11H10BrClO3/c1-2-16-11(15)10-7(9(14)6-12)4-3-5-8(10)13/h3-5H,2,6H2,1H3. The van der Waals surface area contributed by atoms with Crippen molar-refractivity contribution in [1.29, 1.82) is 0 Å². The van der Waals surface area contributed by atoms with E-state index >= 15 is 0 Å². The second-order valence-electron chi connectivity index (χ2n) is 2.94. The molecule has 86 valence electrons. The van der Waals surface area contributed by atoms with Crippen LogP contribution in [0.25, 0.3) is 0 Å². The van der Waals surface area contributed by atoms with Gasteiger partial charge in [-0.25, -0.2) is 4.79 Å². The number of ether oxygens (including phenoxy) is 1. The molecular formula is C11H10BrClO3. The Bertz CT molecular complexity index is 418. The Morgan fingerprint density at radius 3 is 2.69 bits per heavy atom. The first-order valence-electron chi connectivity index (χ1n) is 4.66. The van der Waals surface area contributed by atoms with Crippen molar-refractivity contribution in [3.63, 3.8) is 0 Å². The van der Waals surface area contributed by atoms with Crippen molar-refractivity contribution in [3.8, 4) is 0 Å². The summed E-state index contributed by atoms with van der Waals surface area (Å²) in [7, 11) is 0. The molecule has 0 saturated heterocycles. The number of hydrogen-bond donors (Lipinski definition) is 0. The third-order valence-electron chi connectivity index (χ3n) is 1.91. The van der Waals surface area contributed by atoms with Gasteiger partial charge in [0.2, 0.25) is 0 Å². The summed E-state index contributed by atoms with van der Waals surface area (Å²) >= 11 is 8.95. The van der Waals surface area contributed by atoms with E-state index in [9.17, 15) is 9.59 Å². The van der Waals surface area contributed by atoms with Gasteiger partial charge in [0.25, 0.3) is 0 Å². The number of halogens is 2. The first-order chi connectivity index (χ1) is 7.61. The molecule has 1 rings (SSSR count). The zero-order valence-corrected chi connectivity index (χ0v) is 11.0. The fourth-order valence-electron chi connectivity index (χ4n) is 1.24. The lowest BCUT2D eigenvalue weighted by Crippen LogP contribution is -2.13. The van der Waals surface area contributed by atoms with Crippen molar-refractivity contribution in [2.24, 2.45) is 0 Å². The van der Waals surface area contributed by atoms with Crippen LogP contribution in [0.3, 0.4) is 0 Å². The highest BCUT2D eigenvalue weighted by atomic mass is 79.9. The van der Waals surface area contributed by atoms with E-state index in [-0.39, 0.29) is 33.9 Å². The zero-order valence-electron chi connectivity index (χ0n) is 8.63. The largest absolute Gasteiger partial charge is 0.462 e. The second-order valence-corrected chi connectivity index (χ2v) is 3.91. The van der Waals surface area contributed by atoms with E-state index in [2.05, 4.69) is 15.9 Å². The van der Waals surface area contributed by atoms with Gasteiger partial charge < -0.3 is 4.74 Å². The maximum Gasteiger partial charge on any atom is 0.340 e. The smallest absolute Gasteiger partial charge is 0.340 e. The molecule has 0 aliphatic carbocycles. The molecule has 0 spiro atoms. The molecule has 5 heteroatoms. The van der Waals surface area contributed by atoms with Gasteiger partial charge in [-0.15, -0.1) is 0 Å². The molecule has 16 heavy (non-hydrogen) atoms. The van der Waals surface area contributed by atoms with Crippen LogP contribution >= 0.6 is 27.5 Å². The van der Waals surface area contributed by atoms with E-state index in [1.165, 1.54) is 0 Å². The second kappa shape index (κ2) is 6.01. The summed E-state index contributed by atoms with van der Waals surface area (Å²) < 4.78 is 4.85. The highest BCUT2D eigenvalue weighted by molar-refractivity contribution is 9.09. The highest BCUT2D eigenvalue weighted by Gasteiger charge is 2.20. The minimum absolute atomic E-state index is 0.135. The Kier molecular flexibility index (Phi) is 4.96. The van der Waals surface area contributed by atoms with E-state index in [0.717, 1.165) is 0 Å². The zero-order chi connectivity index (χ0) is 12.1. The van der Waals surface area contributed by atoms with Crippen LogP contribution in [0.15, 0.2) is 18.2 Å². The minimum Gasteiger partial charge on any atom is -0.462 e. The Balaban J connectivity index is 3.23. The molecule has 0 heterocycles. The van der Waals surface area contributed by atoms with Crippen molar-refractivity contribution in [2.75, 3.05) is 11.9 Å². The molecule has 0 saturated carbocycles. The summed E-state index contributed by atoms with van der Waals surface area (Å²) in [6, 6.07) is 4.74. The normalized spacial score (nSPS) is 9.94. The van der Waals surface area contributed by atoms with Gasteiger partial charge in [0.15, 0.2) is 5.78 Å². The molecule has 0 bridgehead atoms. The third kappa shape index (κ3) is 2.83. The van der Waals surface area contributed by atoms with Crippen LogP contribution in [-0.2, 0) is 4.74 Å². The van der Waals surface area contributed by atoms with Crippen molar-refractivity contribution in [1.82, 2.24) is 0 Å². The maximum atomic E-state index is 11.6. The van der Waals surface area contributed by atoms with Crippen LogP contribution in [0.4, 0.5) is 0 Å². The van der Waals surface area contributed by atoms with Crippen LogP contribution in [0.2, 0.25) is 5.02 Å².